The third-order valence-corrected chi connectivity index (χ3v) is 3.69. The molecule has 96 valence electrons. The van der Waals surface area contributed by atoms with Crippen molar-refractivity contribution in [2.75, 3.05) is 16.8 Å². The van der Waals surface area contributed by atoms with Gasteiger partial charge in [-0.3, -0.25) is 9.59 Å². The molecule has 3 nitrogen and oxygen atoms in total. The van der Waals surface area contributed by atoms with Crippen molar-refractivity contribution in [2.24, 2.45) is 0 Å². The normalized spacial score (nSPS) is 13.6. The topological polar surface area (TPSA) is 37.4 Å². The van der Waals surface area contributed by atoms with Gasteiger partial charge in [0.25, 0.3) is 0 Å². The van der Waals surface area contributed by atoms with E-state index in [0.29, 0.717) is 11.8 Å². The summed E-state index contributed by atoms with van der Waals surface area (Å²) in [6.45, 7) is 2.74. The molecular formula is C14H16BrNO2. The first kappa shape index (κ1) is 13.3. The lowest BCUT2D eigenvalue weighted by atomic mass is 10.1. The summed E-state index contributed by atoms with van der Waals surface area (Å²) in [7, 11) is 0. The Hall–Kier alpha value is -1.16. The van der Waals surface area contributed by atoms with Crippen LogP contribution in [-0.4, -0.2) is 23.6 Å². The first-order valence-corrected chi connectivity index (χ1v) is 7.32. The summed E-state index contributed by atoms with van der Waals surface area (Å²) in [6, 6.07) is 5.61. The number of fused-ring (bicyclic) bond motifs is 1. The number of hydrogen-bond donors (Lipinski definition) is 0. The fourth-order valence-electron chi connectivity index (χ4n) is 2.26. The maximum Gasteiger partial charge on any atom is 0.226 e. The summed E-state index contributed by atoms with van der Waals surface area (Å²) in [4.78, 5) is 25.4. The minimum Gasteiger partial charge on any atom is -0.312 e. The molecule has 1 aliphatic heterocycles. The molecule has 0 unspecified atom stereocenters. The van der Waals surface area contributed by atoms with Crippen molar-refractivity contribution in [3.63, 3.8) is 0 Å². The molecule has 0 fully saturated rings. The Labute approximate surface area is 115 Å². The molecule has 0 aliphatic carbocycles. The van der Waals surface area contributed by atoms with E-state index in [9.17, 15) is 9.59 Å². The molecule has 1 aromatic rings. The Morgan fingerprint density at radius 1 is 1.39 bits per heavy atom. The molecule has 0 saturated heterocycles. The van der Waals surface area contributed by atoms with Crippen molar-refractivity contribution >= 4 is 33.3 Å². The summed E-state index contributed by atoms with van der Waals surface area (Å²) in [5.74, 6) is 0.256. The zero-order chi connectivity index (χ0) is 13.1. The summed E-state index contributed by atoms with van der Waals surface area (Å²) >= 11 is 3.17. The van der Waals surface area contributed by atoms with Gasteiger partial charge in [-0.15, -0.1) is 0 Å². The van der Waals surface area contributed by atoms with Gasteiger partial charge >= 0.3 is 0 Å². The molecule has 0 atom stereocenters. The van der Waals surface area contributed by atoms with Crippen molar-refractivity contribution in [3.8, 4) is 0 Å². The van der Waals surface area contributed by atoms with Crippen LogP contribution in [0.4, 0.5) is 5.69 Å². The van der Waals surface area contributed by atoms with E-state index in [2.05, 4.69) is 15.9 Å². The van der Waals surface area contributed by atoms with Crippen LogP contribution in [0.2, 0.25) is 0 Å². The predicted molar refractivity (Wildman–Crippen MR) is 75.5 cm³/mol. The number of ketones is 1. The number of halogens is 1. The number of carbonyl (C=O) groups is 2. The number of nitrogens with zero attached hydrogens (tertiary/aromatic N) is 1. The molecule has 2 rings (SSSR count). The first-order chi connectivity index (χ1) is 8.67. The van der Waals surface area contributed by atoms with Gasteiger partial charge in [0.05, 0.1) is 5.33 Å². The van der Waals surface area contributed by atoms with E-state index >= 15 is 0 Å². The van der Waals surface area contributed by atoms with Gasteiger partial charge in [0.2, 0.25) is 5.91 Å². The smallest absolute Gasteiger partial charge is 0.226 e. The van der Waals surface area contributed by atoms with Crippen LogP contribution in [0.1, 0.15) is 35.7 Å². The van der Waals surface area contributed by atoms with Gasteiger partial charge in [0, 0.05) is 24.2 Å². The van der Waals surface area contributed by atoms with Crippen molar-refractivity contribution in [1.29, 1.82) is 0 Å². The van der Waals surface area contributed by atoms with Gasteiger partial charge in [0.1, 0.15) is 0 Å². The molecule has 0 saturated carbocycles. The minimum atomic E-state index is 0.0798. The Kier molecular flexibility index (Phi) is 4.17. The summed E-state index contributed by atoms with van der Waals surface area (Å²) in [5, 5.41) is 0.338. The summed E-state index contributed by atoms with van der Waals surface area (Å²) in [5.41, 5.74) is 2.79. The van der Waals surface area contributed by atoms with E-state index < -0.39 is 0 Å². The van der Waals surface area contributed by atoms with Crippen LogP contribution in [0, 0.1) is 0 Å². The standard InChI is InChI=1S/C14H16BrNO2/c1-2-3-14(18)16-7-6-10-8-11(13(17)9-15)4-5-12(10)16/h4-5,8H,2-3,6-7,9H2,1H3. The van der Waals surface area contributed by atoms with Crippen molar-refractivity contribution in [1.82, 2.24) is 0 Å². The Morgan fingerprint density at radius 3 is 2.83 bits per heavy atom. The second-order valence-electron chi connectivity index (χ2n) is 4.45. The van der Waals surface area contributed by atoms with Crippen LogP contribution in [-0.2, 0) is 11.2 Å². The highest BCUT2D eigenvalue weighted by Gasteiger charge is 2.24. The first-order valence-electron chi connectivity index (χ1n) is 6.19. The van der Waals surface area contributed by atoms with Crippen LogP contribution in [0.3, 0.4) is 0 Å². The maximum atomic E-state index is 11.9. The van der Waals surface area contributed by atoms with E-state index in [1.165, 1.54) is 0 Å². The van der Waals surface area contributed by atoms with Crippen LogP contribution in [0.25, 0.3) is 0 Å². The van der Waals surface area contributed by atoms with Crippen molar-refractivity contribution in [3.05, 3.63) is 29.3 Å². The number of Topliss-reactive ketones (excluding diaryl/α,β-unsaturated/α-hetero) is 1. The van der Waals surface area contributed by atoms with Gasteiger partial charge in [-0.1, -0.05) is 22.9 Å². The second-order valence-corrected chi connectivity index (χ2v) is 5.01. The molecule has 18 heavy (non-hydrogen) atoms. The quantitative estimate of drug-likeness (QED) is 0.633. The molecule has 1 aromatic carbocycles. The number of benzene rings is 1. The lowest BCUT2D eigenvalue weighted by Crippen LogP contribution is -2.28. The second kappa shape index (κ2) is 5.65. The van der Waals surface area contributed by atoms with Crippen LogP contribution < -0.4 is 4.90 Å². The minimum absolute atomic E-state index is 0.0798. The van der Waals surface area contributed by atoms with Gasteiger partial charge in [-0.05, 0) is 36.6 Å². The highest BCUT2D eigenvalue weighted by molar-refractivity contribution is 9.09. The monoisotopic (exact) mass is 309 g/mol. The van der Waals surface area contributed by atoms with Gasteiger partial charge in [-0.2, -0.15) is 0 Å². The van der Waals surface area contributed by atoms with E-state index in [1.54, 1.807) is 6.07 Å². The lowest BCUT2D eigenvalue weighted by Gasteiger charge is -2.17. The van der Waals surface area contributed by atoms with E-state index in [4.69, 9.17) is 0 Å². The summed E-state index contributed by atoms with van der Waals surface area (Å²) in [6.07, 6.45) is 2.29. The molecule has 0 N–H and O–H groups in total. The highest BCUT2D eigenvalue weighted by atomic mass is 79.9. The third-order valence-electron chi connectivity index (χ3n) is 3.18. The highest BCUT2D eigenvalue weighted by Crippen LogP contribution is 2.29. The molecule has 0 bridgehead atoms. The third kappa shape index (κ3) is 2.48. The zero-order valence-electron chi connectivity index (χ0n) is 10.4. The number of rotatable bonds is 4. The molecular weight excluding hydrogens is 294 g/mol. The molecule has 0 spiro atoms. The molecule has 0 aromatic heterocycles. The van der Waals surface area contributed by atoms with Crippen LogP contribution in [0.5, 0.6) is 0 Å². The van der Waals surface area contributed by atoms with Crippen LogP contribution >= 0.6 is 15.9 Å². The number of hydrogen-bond acceptors (Lipinski definition) is 2. The van der Waals surface area contributed by atoms with Gasteiger partial charge in [-0.25, -0.2) is 0 Å². The van der Waals surface area contributed by atoms with Gasteiger partial charge < -0.3 is 4.90 Å². The largest absolute Gasteiger partial charge is 0.312 e. The Morgan fingerprint density at radius 2 is 2.17 bits per heavy atom. The molecule has 1 aliphatic rings. The Bertz CT molecular complexity index is 485. The molecule has 1 heterocycles. The fourth-order valence-corrected chi connectivity index (χ4v) is 2.58. The Balaban J connectivity index is 2.25. The van der Waals surface area contributed by atoms with E-state index in [-0.39, 0.29) is 11.7 Å². The number of amides is 1. The maximum absolute atomic E-state index is 11.9. The average Bonchev–Trinajstić information content (AvgIpc) is 2.80. The van der Waals surface area contributed by atoms with E-state index in [0.717, 1.165) is 36.2 Å². The molecule has 1 amide bonds. The SMILES string of the molecule is CCCC(=O)N1CCc2cc(C(=O)CBr)ccc21. The number of anilines is 1. The summed E-state index contributed by atoms with van der Waals surface area (Å²) < 4.78 is 0. The van der Waals surface area contributed by atoms with Gasteiger partial charge in [0.15, 0.2) is 5.78 Å². The lowest BCUT2D eigenvalue weighted by molar-refractivity contribution is -0.118. The molecule has 4 heteroatoms. The number of alkyl halides is 1. The van der Waals surface area contributed by atoms with E-state index in [1.807, 2.05) is 24.0 Å². The molecule has 0 radical (unpaired) electrons. The van der Waals surface area contributed by atoms with Crippen molar-refractivity contribution in [2.45, 2.75) is 26.2 Å². The zero-order valence-corrected chi connectivity index (χ0v) is 12.0. The van der Waals surface area contributed by atoms with Crippen LogP contribution in [0.15, 0.2) is 18.2 Å². The average molecular weight is 310 g/mol. The van der Waals surface area contributed by atoms with Crippen molar-refractivity contribution < 1.29 is 9.59 Å². The number of carbonyl (C=O) groups excluding carboxylic acids is 2. The predicted octanol–water partition coefficient (Wildman–Crippen LogP) is 2.95. The fraction of sp³-hybridized carbons (Fsp3) is 0.429.